The van der Waals surface area contributed by atoms with Gasteiger partial charge in [0.2, 0.25) is 5.91 Å². The molecule has 4 rings (SSSR count). The molecule has 0 bridgehead atoms. The van der Waals surface area contributed by atoms with E-state index in [4.69, 9.17) is 0 Å². The van der Waals surface area contributed by atoms with E-state index in [1.807, 2.05) is 4.90 Å². The Balaban J connectivity index is 1.36. The van der Waals surface area contributed by atoms with Gasteiger partial charge in [-0.3, -0.25) is 24.2 Å². The lowest BCUT2D eigenvalue weighted by Crippen LogP contribution is -2.48. The van der Waals surface area contributed by atoms with Crippen LogP contribution in [-0.2, 0) is 4.79 Å². The lowest BCUT2D eigenvalue weighted by Gasteiger charge is -2.34. The number of benzene rings is 2. The van der Waals surface area contributed by atoms with Crippen LogP contribution in [0.15, 0.2) is 42.5 Å². The summed E-state index contributed by atoms with van der Waals surface area (Å²) in [5.74, 6) is -2.40. The number of nitrogens with zero attached hydrogens (tertiary/aromatic N) is 2. The summed E-state index contributed by atoms with van der Waals surface area (Å²) in [5.41, 5.74) is 0.925. The van der Waals surface area contributed by atoms with E-state index >= 15 is 0 Å². The van der Waals surface area contributed by atoms with Gasteiger partial charge in [-0.15, -0.1) is 0 Å². The van der Waals surface area contributed by atoms with Gasteiger partial charge < -0.3 is 5.32 Å². The van der Waals surface area contributed by atoms with Gasteiger partial charge in [-0.05, 0) is 50.1 Å². The van der Waals surface area contributed by atoms with E-state index in [1.54, 1.807) is 24.3 Å². The predicted octanol–water partition coefficient (Wildman–Crippen LogP) is 3.44. The minimum absolute atomic E-state index is 0.0825. The highest BCUT2D eigenvalue weighted by Gasteiger charge is 2.35. The quantitative estimate of drug-likeness (QED) is 0.717. The average molecular weight is 427 g/mol. The third kappa shape index (κ3) is 4.49. The molecule has 1 N–H and O–H groups in total. The largest absolute Gasteiger partial charge is 0.325 e. The molecule has 0 aromatic heterocycles. The van der Waals surface area contributed by atoms with Crippen LogP contribution in [0.4, 0.5) is 14.5 Å². The van der Waals surface area contributed by atoms with E-state index in [0.29, 0.717) is 37.1 Å². The maximum Gasteiger partial charge on any atom is 0.261 e. The second kappa shape index (κ2) is 8.93. The fourth-order valence-electron chi connectivity index (χ4n) is 4.28. The molecule has 2 aliphatic rings. The number of rotatable bonds is 6. The Labute approximate surface area is 178 Å². The zero-order valence-corrected chi connectivity index (χ0v) is 16.9. The van der Waals surface area contributed by atoms with Crippen LogP contribution < -0.4 is 5.32 Å². The third-order valence-electron chi connectivity index (χ3n) is 5.75. The van der Waals surface area contributed by atoms with Crippen LogP contribution in [0.1, 0.15) is 46.4 Å². The molecule has 1 fully saturated rings. The Bertz CT molecular complexity index is 972. The van der Waals surface area contributed by atoms with Crippen LogP contribution in [-0.4, -0.2) is 53.2 Å². The van der Waals surface area contributed by atoms with Crippen molar-refractivity contribution in [1.29, 1.82) is 0 Å². The molecule has 0 aliphatic carbocycles. The number of amides is 3. The van der Waals surface area contributed by atoms with Crippen molar-refractivity contribution >= 4 is 23.4 Å². The number of imide groups is 1. The van der Waals surface area contributed by atoms with Crippen molar-refractivity contribution in [3.8, 4) is 0 Å². The maximum atomic E-state index is 13.4. The van der Waals surface area contributed by atoms with Gasteiger partial charge in [0.1, 0.15) is 11.6 Å². The highest BCUT2D eigenvalue weighted by molar-refractivity contribution is 6.21. The van der Waals surface area contributed by atoms with E-state index in [-0.39, 0.29) is 30.0 Å². The molecule has 2 aliphatic heterocycles. The van der Waals surface area contributed by atoms with Gasteiger partial charge in [0.25, 0.3) is 11.8 Å². The molecule has 6 nitrogen and oxygen atoms in total. The molecule has 8 heteroatoms. The molecule has 1 atom stereocenters. The summed E-state index contributed by atoms with van der Waals surface area (Å²) in [6.07, 6.45) is 2.98. The molecular weight excluding hydrogens is 404 g/mol. The van der Waals surface area contributed by atoms with Crippen LogP contribution in [0, 0.1) is 11.6 Å². The van der Waals surface area contributed by atoms with E-state index in [1.165, 1.54) is 4.90 Å². The number of halogens is 2. The van der Waals surface area contributed by atoms with Crippen LogP contribution in [0.2, 0.25) is 0 Å². The van der Waals surface area contributed by atoms with Gasteiger partial charge in [0.15, 0.2) is 0 Å². The first-order valence-electron chi connectivity index (χ1n) is 10.4. The number of piperidine rings is 1. The van der Waals surface area contributed by atoms with E-state index in [0.717, 1.165) is 31.0 Å². The van der Waals surface area contributed by atoms with Gasteiger partial charge in [-0.1, -0.05) is 18.6 Å². The first-order valence-corrected chi connectivity index (χ1v) is 10.4. The number of hydrogen-bond donors (Lipinski definition) is 1. The Hall–Kier alpha value is -3.13. The molecule has 3 amide bonds. The first-order chi connectivity index (χ1) is 14.9. The summed E-state index contributed by atoms with van der Waals surface area (Å²) in [7, 11) is 0. The van der Waals surface area contributed by atoms with Crippen molar-refractivity contribution in [3.63, 3.8) is 0 Å². The molecule has 0 saturated carbocycles. The van der Waals surface area contributed by atoms with Crippen LogP contribution in [0.5, 0.6) is 0 Å². The highest BCUT2D eigenvalue weighted by Crippen LogP contribution is 2.24. The molecule has 162 valence electrons. The van der Waals surface area contributed by atoms with E-state index in [2.05, 4.69) is 5.32 Å². The zero-order chi connectivity index (χ0) is 22.0. The number of fused-ring (bicyclic) bond motifs is 1. The summed E-state index contributed by atoms with van der Waals surface area (Å²) in [5, 5.41) is 2.60. The average Bonchev–Trinajstić information content (AvgIpc) is 2.98. The van der Waals surface area contributed by atoms with Crippen LogP contribution in [0.25, 0.3) is 0 Å². The lowest BCUT2D eigenvalue weighted by molar-refractivity contribution is -0.122. The summed E-state index contributed by atoms with van der Waals surface area (Å²) < 4.78 is 26.8. The van der Waals surface area contributed by atoms with Gasteiger partial charge in [0, 0.05) is 24.8 Å². The van der Waals surface area contributed by atoms with Crippen molar-refractivity contribution in [1.82, 2.24) is 9.80 Å². The molecular formula is C23H23F2N3O3. The molecule has 0 spiro atoms. The minimum atomic E-state index is -0.753. The molecule has 2 heterocycles. The summed E-state index contributed by atoms with van der Waals surface area (Å²) in [6, 6.07) is 9.24. The fourth-order valence-corrected chi connectivity index (χ4v) is 4.28. The van der Waals surface area contributed by atoms with Crippen molar-refractivity contribution in [2.24, 2.45) is 0 Å². The number of likely N-dealkylation sites (tertiary alicyclic amines) is 1. The number of nitrogens with one attached hydrogen (secondary N) is 1. The highest BCUT2D eigenvalue weighted by atomic mass is 19.1. The van der Waals surface area contributed by atoms with Crippen molar-refractivity contribution in [3.05, 3.63) is 65.2 Å². The molecule has 0 radical (unpaired) electrons. The number of anilines is 1. The number of carbonyl (C=O) groups excluding carboxylic acids is 3. The normalized spacial score (nSPS) is 18.9. The second-order valence-electron chi connectivity index (χ2n) is 7.86. The van der Waals surface area contributed by atoms with Crippen molar-refractivity contribution in [2.45, 2.75) is 31.7 Å². The zero-order valence-electron chi connectivity index (χ0n) is 16.9. The fraction of sp³-hybridized carbons (Fsp3) is 0.348. The van der Waals surface area contributed by atoms with Gasteiger partial charge in [-0.2, -0.15) is 0 Å². The Morgan fingerprint density at radius 2 is 1.61 bits per heavy atom. The summed E-state index contributed by atoms with van der Waals surface area (Å²) in [6.45, 7) is 1.51. The predicted molar refractivity (Wildman–Crippen MR) is 111 cm³/mol. The SMILES string of the molecule is O=C(Nc1cc(F)cc(F)c1)C1CCCCN1CCCN1C(=O)c2ccccc2C1=O. The molecule has 1 saturated heterocycles. The van der Waals surface area contributed by atoms with Gasteiger partial charge in [0.05, 0.1) is 17.2 Å². The van der Waals surface area contributed by atoms with Gasteiger partial charge in [-0.25, -0.2) is 8.78 Å². The lowest BCUT2D eigenvalue weighted by atomic mass is 10.0. The van der Waals surface area contributed by atoms with Gasteiger partial charge >= 0.3 is 0 Å². The topological polar surface area (TPSA) is 69.7 Å². The van der Waals surface area contributed by atoms with Crippen molar-refractivity contribution < 1.29 is 23.2 Å². The third-order valence-corrected chi connectivity index (χ3v) is 5.75. The number of hydrogen-bond acceptors (Lipinski definition) is 4. The monoisotopic (exact) mass is 427 g/mol. The van der Waals surface area contributed by atoms with Crippen LogP contribution in [0.3, 0.4) is 0 Å². The maximum absolute atomic E-state index is 13.4. The Morgan fingerprint density at radius 1 is 0.968 bits per heavy atom. The van der Waals surface area contributed by atoms with Crippen LogP contribution >= 0.6 is 0 Å². The standard InChI is InChI=1S/C23H23F2N3O3/c24-15-12-16(25)14-17(13-15)26-21(29)20-8-3-4-9-27(20)10-5-11-28-22(30)18-6-1-2-7-19(18)23(28)31/h1-2,6-7,12-14,20H,3-5,8-11H2,(H,26,29). The first kappa shape index (κ1) is 21.1. The van der Waals surface area contributed by atoms with Crippen molar-refractivity contribution in [2.75, 3.05) is 25.0 Å². The van der Waals surface area contributed by atoms with E-state index < -0.39 is 17.7 Å². The summed E-state index contributed by atoms with van der Waals surface area (Å²) in [4.78, 5) is 41.0. The molecule has 31 heavy (non-hydrogen) atoms. The Kier molecular flexibility index (Phi) is 6.08. The molecule has 2 aromatic carbocycles. The number of carbonyl (C=O) groups is 3. The molecule has 2 aromatic rings. The smallest absolute Gasteiger partial charge is 0.261 e. The van der Waals surface area contributed by atoms with E-state index in [9.17, 15) is 23.2 Å². The molecule has 1 unspecified atom stereocenters. The minimum Gasteiger partial charge on any atom is -0.325 e. The summed E-state index contributed by atoms with van der Waals surface area (Å²) >= 11 is 0. The Morgan fingerprint density at radius 3 is 2.26 bits per heavy atom. The second-order valence-corrected chi connectivity index (χ2v) is 7.86.